The zero-order valence-electron chi connectivity index (χ0n) is 14.7. The van der Waals surface area contributed by atoms with E-state index in [2.05, 4.69) is 15.8 Å². The molecule has 0 radical (unpaired) electrons. The molecule has 0 aliphatic carbocycles. The first kappa shape index (κ1) is 19.0. The lowest BCUT2D eigenvalue weighted by Crippen LogP contribution is -2.32. The first-order chi connectivity index (χ1) is 12.6. The van der Waals surface area contributed by atoms with Crippen molar-refractivity contribution in [3.8, 4) is 11.5 Å². The average Bonchev–Trinajstić information content (AvgIpc) is 2.65. The number of nitrogens with one attached hydrogen (secondary N) is 2. The summed E-state index contributed by atoms with van der Waals surface area (Å²) < 4.78 is 10.6. The van der Waals surface area contributed by atoms with Crippen LogP contribution in [0.15, 0.2) is 53.6 Å². The summed E-state index contributed by atoms with van der Waals surface area (Å²) in [6.45, 7) is 4.94. The molecule has 0 unspecified atom stereocenters. The van der Waals surface area contributed by atoms with Crippen molar-refractivity contribution < 1.29 is 19.1 Å². The zero-order chi connectivity index (χ0) is 18.8. The van der Waals surface area contributed by atoms with Gasteiger partial charge in [0, 0.05) is 5.69 Å². The van der Waals surface area contributed by atoms with Crippen LogP contribution in [0.3, 0.4) is 0 Å². The van der Waals surface area contributed by atoms with Crippen molar-refractivity contribution in [3.05, 3.63) is 54.1 Å². The topological polar surface area (TPSA) is 89.0 Å². The van der Waals surface area contributed by atoms with E-state index in [1.165, 1.54) is 6.21 Å². The Hall–Kier alpha value is -3.35. The second kappa shape index (κ2) is 9.83. The van der Waals surface area contributed by atoms with Gasteiger partial charge >= 0.3 is 11.8 Å². The minimum atomic E-state index is -0.860. The Kier molecular flexibility index (Phi) is 7.17. The summed E-state index contributed by atoms with van der Waals surface area (Å²) in [4.78, 5) is 23.6. The molecule has 26 heavy (non-hydrogen) atoms. The Balaban J connectivity index is 1.83. The highest BCUT2D eigenvalue weighted by Crippen LogP contribution is 2.15. The predicted octanol–water partition coefficient (Wildman–Crippen LogP) is 2.57. The van der Waals surface area contributed by atoms with Gasteiger partial charge in [-0.05, 0) is 67.9 Å². The molecule has 0 saturated heterocycles. The van der Waals surface area contributed by atoms with Crippen LogP contribution in [0.2, 0.25) is 0 Å². The highest BCUT2D eigenvalue weighted by molar-refractivity contribution is 6.39. The van der Waals surface area contributed by atoms with E-state index in [0.29, 0.717) is 24.7 Å². The van der Waals surface area contributed by atoms with E-state index in [1.807, 2.05) is 13.8 Å². The minimum Gasteiger partial charge on any atom is -0.494 e. The van der Waals surface area contributed by atoms with Crippen molar-refractivity contribution in [3.63, 3.8) is 0 Å². The molecule has 2 rings (SSSR count). The van der Waals surface area contributed by atoms with Crippen LogP contribution in [0.4, 0.5) is 5.69 Å². The molecule has 2 N–H and O–H groups in total. The Morgan fingerprint density at radius 1 is 0.885 bits per heavy atom. The summed E-state index contributed by atoms with van der Waals surface area (Å²) in [5.41, 5.74) is 3.44. The number of amides is 2. The first-order valence-corrected chi connectivity index (χ1v) is 8.22. The molecule has 0 bridgehead atoms. The number of benzene rings is 2. The number of rotatable bonds is 7. The molecule has 0 aliphatic heterocycles. The summed E-state index contributed by atoms with van der Waals surface area (Å²) >= 11 is 0. The summed E-state index contributed by atoms with van der Waals surface area (Å²) in [6.07, 6.45) is 1.44. The van der Waals surface area contributed by atoms with Crippen LogP contribution < -0.4 is 20.2 Å². The number of hydrazone groups is 1. The summed E-state index contributed by atoms with van der Waals surface area (Å²) in [5, 5.41) is 6.26. The number of carbonyl (C=O) groups excluding carboxylic acids is 2. The largest absolute Gasteiger partial charge is 0.494 e. The highest BCUT2D eigenvalue weighted by atomic mass is 16.5. The second-order valence-electron chi connectivity index (χ2n) is 5.11. The lowest BCUT2D eigenvalue weighted by atomic mass is 10.2. The fourth-order valence-electron chi connectivity index (χ4n) is 2.02. The first-order valence-electron chi connectivity index (χ1n) is 8.22. The van der Waals surface area contributed by atoms with Crippen LogP contribution in [0.25, 0.3) is 0 Å². The molecular weight excluding hydrogens is 334 g/mol. The van der Waals surface area contributed by atoms with E-state index in [0.717, 1.165) is 11.3 Å². The third-order valence-corrected chi connectivity index (χ3v) is 3.20. The van der Waals surface area contributed by atoms with Crippen LogP contribution in [-0.4, -0.2) is 31.2 Å². The highest BCUT2D eigenvalue weighted by Gasteiger charge is 2.12. The molecule has 0 spiro atoms. The Morgan fingerprint density at radius 3 is 1.96 bits per heavy atom. The SMILES string of the molecule is CCOc1ccc(C=NNC(=O)C(=O)Nc2ccc(OCC)cc2)cc1. The molecule has 0 aliphatic rings. The molecule has 2 aromatic rings. The van der Waals surface area contributed by atoms with Crippen molar-refractivity contribution in [2.75, 3.05) is 18.5 Å². The molecular formula is C19H21N3O4. The molecule has 0 saturated carbocycles. The fourth-order valence-corrected chi connectivity index (χ4v) is 2.02. The van der Waals surface area contributed by atoms with Crippen LogP contribution >= 0.6 is 0 Å². The third-order valence-electron chi connectivity index (χ3n) is 3.20. The number of hydrogen-bond donors (Lipinski definition) is 2. The van der Waals surface area contributed by atoms with Gasteiger partial charge in [0.15, 0.2) is 0 Å². The molecule has 0 aromatic heterocycles. The monoisotopic (exact) mass is 355 g/mol. The maximum absolute atomic E-state index is 11.8. The van der Waals surface area contributed by atoms with E-state index < -0.39 is 11.8 Å². The van der Waals surface area contributed by atoms with Crippen molar-refractivity contribution in [1.82, 2.24) is 5.43 Å². The summed E-state index contributed by atoms with van der Waals surface area (Å²) in [6, 6.07) is 13.9. The molecule has 136 valence electrons. The molecule has 0 fully saturated rings. The molecule has 7 heteroatoms. The average molecular weight is 355 g/mol. The van der Waals surface area contributed by atoms with Gasteiger partial charge < -0.3 is 14.8 Å². The van der Waals surface area contributed by atoms with E-state index in [-0.39, 0.29) is 0 Å². The van der Waals surface area contributed by atoms with Crippen LogP contribution in [-0.2, 0) is 9.59 Å². The second-order valence-corrected chi connectivity index (χ2v) is 5.11. The van der Waals surface area contributed by atoms with Crippen molar-refractivity contribution in [2.24, 2.45) is 5.10 Å². The number of carbonyl (C=O) groups is 2. The van der Waals surface area contributed by atoms with Gasteiger partial charge in [0.05, 0.1) is 19.4 Å². The summed E-state index contributed by atoms with van der Waals surface area (Å²) in [7, 11) is 0. The number of nitrogens with zero attached hydrogens (tertiary/aromatic N) is 1. The fraction of sp³-hybridized carbons (Fsp3) is 0.211. The van der Waals surface area contributed by atoms with Crippen molar-refractivity contribution in [1.29, 1.82) is 0 Å². The van der Waals surface area contributed by atoms with Crippen LogP contribution in [0.1, 0.15) is 19.4 Å². The number of ether oxygens (including phenoxy) is 2. The molecule has 0 heterocycles. The number of anilines is 1. The molecule has 2 amide bonds. The normalized spacial score (nSPS) is 10.4. The van der Waals surface area contributed by atoms with Gasteiger partial charge in [0.25, 0.3) is 0 Å². The van der Waals surface area contributed by atoms with Gasteiger partial charge in [-0.1, -0.05) is 0 Å². The van der Waals surface area contributed by atoms with E-state index in [9.17, 15) is 9.59 Å². The van der Waals surface area contributed by atoms with Gasteiger partial charge in [-0.2, -0.15) is 5.10 Å². The van der Waals surface area contributed by atoms with Gasteiger partial charge in [-0.25, -0.2) is 5.43 Å². The van der Waals surface area contributed by atoms with E-state index >= 15 is 0 Å². The molecule has 0 atom stereocenters. The molecule has 7 nitrogen and oxygen atoms in total. The number of hydrogen-bond acceptors (Lipinski definition) is 5. The smallest absolute Gasteiger partial charge is 0.329 e. The predicted molar refractivity (Wildman–Crippen MR) is 99.6 cm³/mol. The summed E-state index contributed by atoms with van der Waals surface area (Å²) in [5.74, 6) is -0.225. The zero-order valence-corrected chi connectivity index (χ0v) is 14.7. The maximum Gasteiger partial charge on any atom is 0.329 e. The third kappa shape index (κ3) is 5.94. The van der Waals surface area contributed by atoms with Crippen LogP contribution in [0, 0.1) is 0 Å². The lowest BCUT2D eigenvalue weighted by molar-refractivity contribution is -0.136. The van der Waals surface area contributed by atoms with Crippen LogP contribution in [0.5, 0.6) is 11.5 Å². The van der Waals surface area contributed by atoms with Gasteiger partial charge in [-0.3, -0.25) is 9.59 Å². The van der Waals surface area contributed by atoms with Crippen molar-refractivity contribution in [2.45, 2.75) is 13.8 Å². The minimum absolute atomic E-state index is 0.490. The van der Waals surface area contributed by atoms with Crippen molar-refractivity contribution >= 4 is 23.7 Å². The molecule has 2 aromatic carbocycles. The quantitative estimate of drug-likeness (QED) is 0.454. The lowest BCUT2D eigenvalue weighted by Gasteiger charge is -2.06. The van der Waals surface area contributed by atoms with Gasteiger partial charge in [0.1, 0.15) is 11.5 Å². The van der Waals surface area contributed by atoms with E-state index in [4.69, 9.17) is 9.47 Å². The Labute approximate surface area is 152 Å². The maximum atomic E-state index is 11.8. The van der Waals surface area contributed by atoms with Gasteiger partial charge in [0.2, 0.25) is 0 Å². The van der Waals surface area contributed by atoms with Gasteiger partial charge in [-0.15, -0.1) is 0 Å². The standard InChI is InChI=1S/C19H21N3O4/c1-3-25-16-9-5-14(6-10-16)13-20-22-19(24)18(23)21-15-7-11-17(12-8-15)26-4-2/h5-13H,3-4H2,1-2H3,(H,21,23)(H,22,24). The Bertz CT molecular complexity index is 755. The van der Waals surface area contributed by atoms with E-state index in [1.54, 1.807) is 48.5 Å². The Morgan fingerprint density at radius 2 is 1.42 bits per heavy atom.